The molecule has 0 aromatic heterocycles. The number of thiol groups is 1. The molecule has 68 valence electrons. The van der Waals surface area contributed by atoms with Crippen molar-refractivity contribution in [1.29, 1.82) is 0 Å². The highest BCUT2D eigenvalue weighted by Crippen LogP contribution is 2.55. The summed E-state index contributed by atoms with van der Waals surface area (Å²) in [6.07, 6.45) is 6.12. The van der Waals surface area contributed by atoms with Crippen molar-refractivity contribution in [2.45, 2.75) is 39.0 Å². The van der Waals surface area contributed by atoms with Crippen LogP contribution in [-0.4, -0.2) is 15.9 Å². The Balaban J connectivity index is 3.02. The van der Waals surface area contributed by atoms with Crippen molar-refractivity contribution in [3.63, 3.8) is 0 Å². The summed E-state index contributed by atoms with van der Waals surface area (Å²) in [7, 11) is 0. The minimum Gasteiger partial charge on any atom is -0.208 e. The lowest BCUT2D eigenvalue weighted by molar-refractivity contribution is 0.470. The van der Waals surface area contributed by atoms with Crippen molar-refractivity contribution in [3.8, 4) is 0 Å². The fourth-order valence-corrected chi connectivity index (χ4v) is 2.00. The number of hydrogen-bond donors (Lipinski definition) is 3. The van der Waals surface area contributed by atoms with Crippen LogP contribution in [0.25, 0.3) is 0 Å². The summed E-state index contributed by atoms with van der Waals surface area (Å²) in [5.74, 6) is 0. The molecule has 0 fully saturated rings. The summed E-state index contributed by atoms with van der Waals surface area (Å²) < 4.78 is 0. The molecular weight excluding hydrogens is 179 g/mol. The average molecular weight is 197 g/mol. The number of hydrogen-bond acceptors (Lipinski definition) is 3. The van der Waals surface area contributed by atoms with Crippen molar-refractivity contribution >= 4 is 19.2 Å². The zero-order chi connectivity index (χ0) is 8.74. The molecule has 0 aromatic rings. The van der Waals surface area contributed by atoms with Crippen molar-refractivity contribution in [3.05, 3.63) is 0 Å². The third kappa shape index (κ3) is 10.7. The molecule has 0 atom stereocenters. The highest BCUT2D eigenvalue weighted by Gasteiger charge is 2.25. The SMILES string of the molecule is CCCCCCC[P+](O)(O)S. The van der Waals surface area contributed by atoms with Gasteiger partial charge < -0.3 is 0 Å². The average Bonchev–Trinajstić information content (AvgIpc) is 1.85. The maximum absolute atomic E-state index is 8.91. The van der Waals surface area contributed by atoms with Gasteiger partial charge in [0.1, 0.15) is 6.16 Å². The van der Waals surface area contributed by atoms with E-state index in [2.05, 4.69) is 19.2 Å². The van der Waals surface area contributed by atoms with Gasteiger partial charge in [-0.3, -0.25) is 0 Å². The Morgan fingerprint density at radius 1 is 1.09 bits per heavy atom. The first kappa shape index (κ1) is 11.7. The summed E-state index contributed by atoms with van der Waals surface area (Å²) in [5, 5.41) is 0. The summed E-state index contributed by atoms with van der Waals surface area (Å²) in [6, 6.07) is 0. The second kappa shape index (κ2) is 6.24. The Kier molecular flexibility index (Phi) is 6.64. The van der Waals surface area contributed by atoms with Gasteiger partial charge in [-0.15, -0.1) is 0 Å². The van der Waals surface area contributed by atoms with E-state index in [1.165, 1.54) is 19.3 Å². The van der Waals surface area contributed by atoms with Crippen LogP contribution in [-0.2, 0) is 0 Å². The van der Waals surface area contributed by atoms with E-state index in [9.17, 15) is 0 Å². The Labute approximate surface area is 74.7 Å². The molecule has 0 aliphatic rings. The highest BCUT2D eigenvalue weighted by atomic mass is 32.7. The van der Waals surface area contributed by atoms with E-state index < -0.39 is 6.92 Å². The van der Waals surface area contributed by atoms with Gasteiger partial charge in [0.2, 0.25) is 0 Å². The molecule has 0 radical (unpaired) electrons. The predicted molar refractivity (Wildman–Crippen MR) is 54.0 cm³/mol. The van der Waals surface area contributed by atoms with Crippen LogP contribution in [0.2, 0.25) is 0 Å². The van der Waals surface area contributed by atoms with Crippen LogP contribution >= 0.6 is 19.2 Å². The molecule has 2 N–H and O–H groups in total. The Bertz CT molecular complexity index is 92.9. The number of rotatable bonds is 6. The number of unbranched alkanes of at least 4 members (excludes halogenated alkanes) is 4. The van der Waals surface area contributed by atoms with Crippen LogP contribution in [0.3, 0.4) is 0 Å². The van der Waals surface area contributed by atoms with Crippen LogP contribution in [0, 0.1) is 0 Å². The Hall–Kier alpha value is 0.700. The third-order valence-corrected chi connectivity index (χ3v) is 3.08. The third-order valence-electron chi connectivity index (χ3n) is 1.56. The summed E-state index contributed by atoms with van der Waals surface area (Å²) in [5.41, 5.74) is 0. The summed E-state index contributed by atoms with van der Waals surface area (Å²) in [4.78, 5) is 17.8. The molecule has 0 heterocycles. The highest BCUT2D eigenvalue weighted by molar-refractivity contribution is 8.48. The monoisotopic (exact) mass is 197 g/mol. The molecule has 2 nitrogen and oxygen atoms in total. The van der Waals surface area contributed by atoms with E-state index in [1.807, 2.05) is 0 Å². The molecule has 4 heteroatoms. The zero-order valence-corrected chi connectivity index (χ0v) is 8.82. The van der Waals surface area contributed by atoms with E-state index >= 15 is 0 Å². The van der Waals surface area contributed by atoms with Crippen LogP contribution in [0.15, 0.2) is 0 Å². The van der Waals surface area contributed by atoms with Crippen molar-refractivity contribution < 1.29 is 9.79 Å². The summed E-state index contributed by atoms with van der Waals surface area (Å²) >= 11 is 3.70. The summed E-state index contributed by atoms with van der Waals surface area (Å²) in [6.45, 7) is -0.609. The first-order valence-corrected chi connectivity index (χ1v) is 7.16. The smallest absolute Gasteiger partial charge is 0.208 e. The van der Waals surface area contributed by atoms with E-state index in [1.54, 1.807) is 0 Å². The lowest BCUT2D eigenvalue weighted by atomic mass is 10.2. The first-order chi connectivity index (χ1) is 5.06. The van der Waals surface area contributed by atoms with Gasteiger partial charge in [0.05, 0.1) is 12.2 Å². The molecule has 11 heavy (non-hydrogen) atoms. The normalized spacial score (nSPS) is 12.0. The maximum Gasteiger partial charge on any atom is 0.323 e. The molecule has 0 amide bonds. The standard InChI is InChI=1S/C7H18O2PS/c1-2-3-4-5-6-7-10(8,9)11/h8-9,11H,2-7H2,1H3/q+1. The van der Waals surface area contributed by atoms with Gasteiger partial charge in [-0.1, -0.05) is 26.2 Å². The molecule has 0 aromatic carbocycles. The quantitative estimate of drug-likeness (QED) is 0.348. The second-order valence-electron chi connectivity index (χ2n) is 2.83. The van der Waals surface area contributed by atoms with Crippen LogP contribution in [0.4, 0.5) is 0 Å². The van der Waals surface area contributed by atoms with E-state index in [0.29, 0.717) is 6.16 Å². The molecule has 0 saturated heterocycles. The molecule has 0 aliphatic carbocycles. The molecule has 0 aliphatic heterocycles. The van der Waals surface area contributed by atoms with Crippen molar-refractivity contribution in [2.24, 2.45) is 0 Å². The fourth-order valence-electron chi connectivity index (χ4n) is 0.927. The molecule has 0 saturated carbocycles. The van der Waals surface area contributed by atoms with Gasteiger partial charge >= 0.3 is 6.92 Å². The van der Waals surface area contributed by atoms with Crippen molar-refractivity contribution in [1.82, 2.24) is 0 Å². The molecule has 0 spiro atoms. The molecule has 0 bridgehead atoms. The van der Waals surface area contributed by atoms with E-state index in [0.717, 1.165) is 12.8 Å². The minimum atomic E-state index is -2.77. The molecular formula is C7H18O2PS+. The minimum absolute atomic E-state index is 0.472. The van der Waals surface area contributed by atoms with E-state index in [4.69, 9.17) is 9.79 Å². The lowest BCUT2D eigenvalue weighted by Crippen LogP contribution is -1.89. The topological polar surface area (TPSA) is 40.5 Å². The van der Waals surface area contributed by atoms with Gasteiger partial charge in [0.25, 0.3) is 0 Å². The van der Waals surface area contributed by atoms with Crippen LogP contribution < -0.4 is 0 Å². The van der Waals surface area contributed by atoms with Gasteiger partial charge in [-0.25, -0.2) is 9.79 Å². The zero-order valence-electron chi connectivity index (χ0n) is 7.03. The largest absolute Gasteiger partial charge is 0.323 e. The first-order valence-electron chi connectivity index (χ1n) is 4.12. The Morgan fingerprint density at radius 3 is 2.09 bits per heavy atom. The fraction of sp³-hybridized carbons (Fsp3) is 1.00. The van der Waals surface area contributed by atoms with Crippen molar-refractivity contribution in [2.75, 3.05) is 6.16 Å². The molecule has 0 rings (SSSR count). The Morgan fingerprint density at radius 2 is 1.64 bits per heavy atom. The second-order valence-corrected chi connectivity index (χ2v) is 6.58. The van der Waals surface area contributed by atoms with Gasteiger partial charge in [-0.05, 0) is 12.8 Å². The predicted octanol–water partition coefficient (Wildman–Crippen LogP) is 2.63. The lowest BCUT2D eigenvalue weighted by Gasteiger charge is -2.03. The van der Waals surface area contributed by atoms with Crippen LogP contribution in [0.5, 0.6) is 0 Å². The van der Waals surface area contributed by atoms with Crippen LogP contribution in [0.1, 0.15) is 39.0 Å². The maximum atomic E-state index is 8.91. The van der Waals surface area contributed by atoms with Gasteiger partial charge in [-0.2, -0.15) is 0 Å². The van der Waals surface area contributed by atoms with E-state index in [-0.39, 0.29) is 0 Å². The molecule has 0 unspecified atom stereocenters. The van der Waals surface area contributed by atoms with Gasteiger partial charge in [0, 0.05) is 0 Å². The van der Waals surface area contributed by atoms with Gasteiger partial charge in [0.15, 0.2) is 0 Å².